The maximum Gasteiger partial charge on any atom is 0.222 e. The molecule has 0 radical (unpaired) electrons. The largest absolute Gasteiger partial charge is 0.481 e. The summed E-state index contributed by atoms with van der Waals surface area (Å²) in [6.45, 7) is 7.15. The van der Waals surface area contributed by atoms with Crippen molar-refractivity contribution in [2.45, 2.75) is 19.4 Å². The van der Waals surface area contributed by atoms with Crippen molar-refractivity contribution in [3.05, 3.63) is 24.7 Å². The first kappa shape index (κ1) is 22.5. The summed E-state index contributed by atoms with van der Waals surface area (Å²) in [4.78, 5) is 34.8. The van der Waals surface area contributed by atoms with Crippen molar-refractivity contribution in [1.29, 1.82) is 0 Å². The first-order chi connectivity index (χ1) is 16.7. The average Bonchev–Trinajstić information content (AvgIpc) is 3.49. The van der Waals surface area contributed by atoms with Gasteiger partial charge in [0.25, 0.3) is 0 Å². The highest BCUT2D eigenvalue weighted by atomic mass is 16.5. The predicted molar refractivity (Wildman–Crippen MR) is 127 cm³/mol. The van der Waals surface area contributed by atoms with Gasteiger partial charge < -0.3 is 24.3 Å². The molecule has 2 aliphatic heterocycles. The fourth-order valence-corrected chi connectivity index (χ4v) is 4.32. The van der Waals surface area contributed by atoms with Crippen molar-refractivity contribution < 1.29 is 14.3 Å². The molecule has 1 N–H and O–H groups in total. The molecule has 3 aromatic rings. The number of fused-ring (bicyclic) bond motifs is 1. The van der Waals surface area contributed by atoms with Gasteiger partial charge in [0.2, 0.25) is 11.8 Å². The van der Waals surface area contributed by atoms with E-state index < -0.39 is 0 Å². The molecule has 0 unspecified atom stereocenters. The molecule has 0 atom stereocenters. The molecule has 0 bridgehead atoms. The van der Waals surface area contributed by atoms with Crippen LogP contribution in [0.15, 0.2) is 24.7 Å². The number of morpholine rings is 1. The van der Waals surface area contributed by atoms with Crippen LogP contribution in [-0.4, -0.2) is 99.8 Å². The zero-order valence-corrected chi connectivity index (χ0v) is 19.4. The molecule has 0 aliphatic carbocycles. The van der Waals surface area contributed by atoms with E-state index in [-0.39, 0.29) is 5.91 Å². The number of nitrogens with one attached hydrogen (secondary N) is 1. The Hall–Kier alpha value is -3.31. The predicted octanol–water partition coefficient (Wildman–Crippen LogP) is 1.26. The third-order valence-electron chi connectivity index (χ3n) is 6.27. The molecule has 11 heteroatoms. The van der Waals surface area contributed by atoms with Gasteiger partial charge in [0, 0.05) is 70.1 Å². The van der Waals surface area contributed by atoms with Crippen molar-refractivity contribution in [2.75, 3.05) is 64.9 Å². The van der Waals surface area contributed by atoms with Crippen LogP contribution in [0.25, 0.3) is 22.6 Å². The Morgan fingerprint density at radius 2 is 1.97 bits per heavy atom. The Kier molecular flexibility index (Phi) is 6.82. The number of rotatable bonds is 9. The molecule has 2 saturated heterocycles. The van der Waals surface area contributed by atoms with Crippen LogP contribution >= 0.6 is 0 Å². The van der Waals surface area contributed by atoms with Gasteiger partial charge in [0.05, 0.1) is 26.7 Å². The minimum absolute atomic E-state index is 0.217. The number of ether oxygens (including phenoxy) is 2. The summed E-state index contributed by atoms with van der Waals surface area (Å²) in [5.74, 6) is 2.01. The number of nitrogens with zero attached hydrogens (tertiary/aromatic N) is 7. The maximum atomic E-state index is 12.0. The Morgan fingerprint density at radius 3 is 2.71 bits per heavy atom. The lowest BCUT2D eigenvalue weighted by Crippen LogP contribution is -2.39. The van der Waals surface area contributed by atoms with E-state index in [4.69, 9.17) is 19.4 Å². The first-order valence-electron chi connectivity index (χ1n) is 11.8. The molecule has 5 heterocycles. The third-order valence-corrected chi connectivity index (χ3v) is 6.27. The standard InChI is InChI=1S/C23H30N8O3/c1-33-18-5-4-17(15-25-18)21-27-22(24-6-8-29-11-13-34-14-12-29)20-23(28-21)31(16-26-20)10-9-30-7-2-3-19(30)32/h4-5,15-16H,2-3,6-14H2,1H3,(H,24,27,28). The Balaban J connectivity index is 1.40. The highest BCUT2D eigenvalue weighted by Crippen LogP contribution is 2.25. The Morgan fingerprint density at radius 1 is 1.09 bits per heavy atom. The van der Waals surface area contributed by atoms with E-state index in [1.165, 1.54) is 0 Å². The quantitative estimate of drug-likeness (QED) is 0.498. The number of pyridine rings is 1. The number of aromatic nitrogens is 5. The van der Waals surface area contributed by atoms with Crippen molar-refractivity contribution in [3.63, 3.8) is 0 Å². The van der Waals surface area contributed by atoms with Crippen LogP contribution < -0.4 is 10.1 Å². The second-order valence-electron chi connectivity index (χ2n) is 8.46. The average molecular weight is 467 g/mol. The van der Waals surface area contributed by atoms with Gasteiger partial charge in [-0.3, -0.25) is 9.69 Å². The lowest BCUT2D eigenvalue weighted by Gasteiger charge is -2.26. The van der Waals surface area contributed by atoms with E-state index in [1.807, 2.05) is 15.5 Å². The maximum absolute atomic E-state index is 12.0. The lowest BCUT2D eigenvalue weighted by atomic mass is 10.2. The molecule has 2 fully saturated rings. The molecule has 180 valence electrons. The molecule has 11 nitrogen and oxygen atoms in total. The van der Waals surface area contributed by atoms with Gasteiger partial charge in [0.1, 0.15) is 5.52 Å². The van der Waals surface area contributed by atoms with Crippen LogP contribution in [0.2, 0.25) is 0 Å². The number of amides is 1. The molecule has 3 aromatic heterocycles. The van der Waals surface area contributed by atoms with E-state index >= 15 is 0 Å². The zero-order chi connectivity index (χ0) is 23.3. The van der Waals surface area contributed by atoms with E-state index in [0.717, 1.165) is 69.1 Å². The zero-order valence-electron chi connectivity index (χ0n) is 19.4. The second-order valence-corrected chi connectivity index (χ2v) is 8.46. The van der Waals surface area contributed by atoms with E-state index in [1.54, 1.807) is 25.7 Å². The van der Waals surface area contributed by atoms with E-state index in [2.05, 4.69) is 20.2 Å². The van der Waals surface area contributed by atoms with Crippen LogP contribution in [0, 0.1) is 0 Å². The summed E-state index contributed by atoms with van der Waals surface area (Å²) in [5.41, 5.74) is 2.25. The number of carbonyl (C=O) groups is 1. The van der Waals surface area contributed by atoms with Crippen molar-refractivity contribution in [2.24, 2.45) is 0 Å². The van der Waals surface area contributed by atoms with Crippen LogP contribution in [0.3, 0.4) is 0 Å². The smallest absolute Gasteiger partial charge is 0.222 e. The number of imidazole rings is 1. The number of hydrogen-bond acceptors (Lipinski definition) is 9. The molecule has 0 saturated carbocycles. The van der Waals surface area contributed by atoms with E-state index in [9.17, 15) is 4.79 Å². The summed E-state index contributed by atoms with van der Waals surface area (Å²) in [5, 5.41) is 3.47. The Bertz CT molecular complexity index is 1130. The number of carbonyl (C=O) groups excluding carboxylic acids is 1. The van der Waals surface area contributed by atoms with Crippen LogP contribution in [0.4, 0.5) is 5.82 Å². The highest BCUT2D eigenvalue weighted by molar-refractivity contribution is 5.85. The van der Waals surface area contributed by atoms with Gasteiger partial charge in [-0.15, -0.1) is 0 Å². The van der Waals surface area contributed by atoms with Crippen LogP contribution in [0.1, 0.15) is 12.8 Å². The molecule has 1 amide bonds. The summed E-state index contributed by atoms with van der Waals surface area (Å²) >= 11 is 0. The lowest BCUT2D eigenvalue weighted by molar-refractivity contribution is -0.127. The van der Waals surface area contributed by atoms with Gasteiger partial charge in [-0.2, -0.15) is 0 Å². The highest BCUT2D eigenvalue weighted by Gasteiger charge is 2.21. The first-order valence-corrected chi connectivity index (χ1v) is 11.8. The number of hydrogen-bond donors (Lipinski definition) is 1. The molecule has 5 rings (SSSR count). The van der Waals surface area contributed by atoms with Crippen LogP contribution in [-0.2, 0) is 16.1 Å². The minimum Gasteiger partial charge on any atom is -0.481 e. The van der Waals surface area contributed by atoms with Gasteiger partial charge in [0.15, 0.2) is 17.3 Å². The fourth-order valence-electron chi connectivity index (χ4n) is 4.32. The molecule has 0 aromatic carbocycles. The number of likely N-dealkylation sites (tertiary alicyclic amines) is 1. The Labute approximate surface area is 198 Å². The molecule has 34 heavy (non-hydrogen) atoms. The van der Waals surface area contributed by atoms with Gasteiger partial charge in [-0.25, -0.2) is 19.9 Å². The van der Waals surface area contributed by atoms with Gasteiger partial charge in [-0.1, -0.05) is 0 Å². The molecule has 0 spiro atoms. The monoisotopic (exact) mass is 466 g/mol. The summed E-state index contributed by atoms with van der Waals surface area (Å²) in [7, 11) is 1.59. The summed E-state index contributed by atoms with van der Waals surface area (Å²) in [6.07, 6.45) is 5.06. The topological polar surface area (TPSA) is 111 Å². The second kappa shape index (κ2) is 10.3. The third kappa shape index (κ3) is 4.95. The van der Waals surface area contributed by atoms with Crippen LogP contribution in [0.5, 0.6) is 5.88 Å². The fraction of sp³-hybridized carbons (Fsp3) is 0.522. The number of methoxy groups -OCH3 is 1. The SMILES string of the molecule is COc1ccc(-c2nc(NCCN3CCOCC3)c3ncn(CCN4CCCC4=O)c3n2)cn1. The number of anilines is 1. The van der Waals surface area contributed by atoms with Gasteiger partial charge in [-0.05, 0) is 12.5 Å². The van der Waals surface area contributed by atoms with E-state index in [0.29, 0.717) is 37.0 Å². The molecular weight excluding hydrogens is 436 g/mol. The van der Waals surface area contributed by atoms with Crippen molar-refractivity contribution in [3.8, 4) is 17.3 Å². The minimum atomic E-state index is 0.217. The normalized spacial score (nSPS) is 17.0. The molecular formula is C23H30N8O3. The molecule has 2 aliphatic rings. The van der Waals surface area contributed by atoms with Gasteiger partial charge >= 0.3 is 0 Å². The van der Waals surface area contributed by atoms with Crippen molar-refractivity contribution >= 4 is 22.9 Å². The summed E-state index contributed by atoms with van der Waals surface area (Å²) in [6, 6.07) is 3.69. The van der Waals surface area contributed by atoms with Crippen molar-refractivity contribution in [1.82, 2.24) is 34.3 Å². The summed E-state index contributed by atoms with van der Waals surface area (Å²) < 4.78 is 12.6.